The van der Waals surface area contributed by atoms with Crippen molar-refractivity contribution in [1.82, 2.24) is 10.6 Å². The average molecular weight is 348 g/mol. The van der Waals surface area contributed by atoms with E-state index in [0.717, 1.165) is 24.8 Å². The second-order valence-electron chi connectivity index (χ2n) is 6.65. The highest BCUT2D eigenvalue weighted by Gasteiger charge is 2.29. The van der Waals surface area contributed by atoms with Gasteiger partial charge in [0, 0.05) is 24.1 Å². The van der Waals surface area contributed by atoms with Gasteiger partial charge in [-0.3, -0.25) is 9.59 Å². The number of carbonyl (C=O) groups is 2. The molecule has 2 N–H and O–H groups in total. The van der Waals surface area contributed by atoms with Gasteiger partial charge >= 0.3 is 0 Å². The van der Waals surface area contributed by atoms with E-state index in [4.69, 9.17) is 0 Å². The van der Waals surface area contributed by atoms with Gasteiger partial charge in [0.1, 0.15) is 0 Å². The number of amides is 2. The van der Waals surface area contributed by atoms with Gasteiger partial charge < -0.3 is 10.6 Å². The van der Waals surface area contributed by atoms with Crippen LogP contribution in [0, 0.1) is 0 Å². The lowest BCUT2D eigenvalue weighted by atomic mass is 9.94. The van der Waals surface area contributed by atoms with E-state index in [9.17, 15) is 9.59 Å². The fourth-order valence-corrected chi connectivity index (χ4v) is 3.52. The van der Waals surface area contributed by atoms with E-state index in [-0.39, 0.29) is 17.9 Å². The van der Waals surface area contributed by atoms with E-state index in [1.165, 1.54) is 11.6 Å². The van der Waals surface area contributed by atoms with Crippen molar-refractivity contribution in [3.8, 4) is 0 Å². The van der Waals surface area contributed by atoms with Crippen LogP contribution in [-0.4, -0.2) is 17.9 Å². The van der Waals surface area contributed by atoms with Crippen LogP contribution in [0.2, 0.25) is 0 Å². The van der Waals surface area contributed by atoms with Gasteiger partial charge in [-0.05, 0) is 42.2 Å². The van der Waals surface area contributed by atoms with Crippen molar-refractivity contribution < 1.29 is 9.59 Å². The number of benzene rings is 2. The van der Waals surface area contributed by atoms with Gasteiger partial charge in [-0.2, -0.15) is 0 Å². The maximum absolute atomic E-state index is 12.6. The van der Waals surface area contributed by atoms with Crippen LogP contribution in [0.15, 0.2) is 67.3 Å². The zero-order valence-corrected chi connectivity index (χ0v) is 14.8. The fourth-order valence-electron chi connectivity index (χ4n) is 3.52. The smallest absolute Gasteiger partial charge is 0.251 e. The monoisotopic (exact) mass is 348 g/mol. The highest BCUT2D eigenvalue weighted by Crippen LogP contribution is 2.34. The third kappa shape index (κ3) is 4.39. The van der Waals surface area contributed by atoms with E-state index in [1.807, 2.05) is 18.2 Å². The van der Waals surface area contributed by atoms with Crippen LogP contribution in [0.4, 0.5) is 0 Å². The fraction of sp³-hybridized carbons (Fsp3) is 0.273. The van der Waals surface area contributed by atoms with Gasteiger partial charge in [-0.25, -0.2) is 0 Å². The first-order chi connectivity index (χ1) is 12.7. The van der Waals surface area contributed by atoms with Gasteiger partial charge in [-0.15, -0.1) is 0 Å². The lowest BCUT2D eigenvalue weighted by molar-refractivity contribution is -0.116. The largest absolute Gasteiger partial charge is 0.349 e. The number of nitrogens with one attached hydrogen (secondary N) is 2. The zero-order chi connectivity index (χ0) is 18.4. The van der Waals surface area contributed by atoms with E-state index < -0.39 is 0 Å². The van der Waals surface area contributed by atoms with Crippen molar-refractivity contribution in [3.05, 3.63) is 83.9 Å². The van der Waals surface area contributed by atoms with Crippen molar-refractivity contribution in [3.63, 3.8) is 0 Å². The van der Waals surface area contributed by atoms with Crippen LogP contribution < -0.4 is 10.6 Å². The molecule has 1 fully saturated rings. The van der Waals surface area contributed by atoms with Crippen LogP contribution in [0.3, 0.4) is 0 Å². The maximum atomic E-state index is 12.6. The quantitative estimate of drug-likeness (QED) is 0.784. The Hall–Kier alpha value is -2.88. The first-order valence-corrected chi connectivity index (χ1v) is 9.02. The molecule has 0 spiro atoms. The van der Waals surface area contributed by atoms with E-state index in [0.29, 0.717) is 18.0 Å². The predicted octanol–water partition coefficient (Wildman–Crippen LogP) is 3.55. The summed E-state index contributed by atoms with van der Waals surface area (Å²) in [5.74, 6) is 0.132. The molecule has 0 heterocycles. The highest BCUT2D eigenvalue weighted by molar-refractivity contribution is 5.94. The Morgan fingerprint density at radius 1 is 1.04 bits per heavy atom. The summed E-state index contributed by atoms with van der Waals surface area (Å²) < 4.78 is 0. The minimum absolute atomic E-state index is 0.0421. The SMILES string of the molecule is C=CC(=O)NCc1ccc(C(=O)N[C@@H]2CCC[C@@H]2c2ccccc2)cc1. The Kier molecular flexibility index (Phi) is 5.84. The summed E-state index contributed by atoms with van der Waals surface area (Å²) in [6.45, 7) is 3.84. The summed E-state index contributed by atoms with van der Waals surface area (Å²) in [7, 11) is 0. The van der Waals surface area contributed by atoms with Gasteiger partial charge in [-0.1, -0.05) is 55.5 Å². The predicted molar refractivity (Wildman–Crippen MR) is 103 cm³/mol. The van der Waals surface area contributed by atoms with Crippen LogP contribution in [0.1, 0.15) is 46.7 Å². The summed E-state index contributed by atoms with van der Waals surface area (Å²) in [5, 5.41) is 5.92. The maximum Gasteiger partial charge on any atom is 0.251 e. The third-order valence-corrected chi connectivity index (χ3v) is 4.93. The van der Waals surface area contributed by atoms with Gasteiger partial charge in [0.15, 0.2) is 0 Å². The summed E-state index contributed by atoms with van der Waals surface area (Å²) in [6.07, 6.45) is 4.49. The van der Waals surface area contributed by atoms with E-state index in [2.05, 4.69) is 41.5 Å². The Morgan fingerprint density at radius 3 is 2.46 bits per heavy atom. The molecule has 26 heavy (non-hydrogen) atoms. The van der Waals surface area contributed by atoms with Crippen LogP contribution in [0.25, 0.3) is 0 Å². The average Bonchev–Trinajstić information content (AvgIpc) is 3.15. The molecule has 2 aromatic carbocycles. The second-order valence-corrected chi connectivity index (χ2v) is 6.65. The molecule has 0 saturated heterocycles. The Morgan fingerprint density at radius 2 is 1.77 bits per heavy atom. The van der Waals surface area contributed by atoms with Crippen LogP contribution >= 0.6 is 0 Å². The molecule has 3 rings (SSSR count). The van der Waals surface area contributed by atoms with Crippen molar-refractivity contribution in [2.45, 2.75) is 37.8 Å². The number of hydrogen-bond acceptors (Lipinski definition) is 2. The second kappa shape index (κ2) is 8.48. The van der Waals surface area contributed by atoms with Crippen molar-refractivity contribution in [1.29, 1.82) is 0 Å². The van der Waals surface area contributed by atoms with Gasteiger partial charge in [0.25, 0.3) is 5.91 Å². The molecule has 0 radical (unpaired) electrons. The normalized spacial score (nSPS) is 18.9. The van der Waals surface area contributed by atoms with Crippen molar-refractivity contribution in [2.75, 3.05) is 0 Å². The topological polar surface area (TPSA) is 58.2 Å². The molecule has 4 nitrogen and oxygen atoms in total. The Bertz CT molecular complexity index is 768. The number of carbonyl (C=O) groups excluding carboxylic acids is 2. The van der Waals surface area contributed by atoms with Crippen LogP contribution in [-0.2, 0) is 11.3 Å². The minimum atomic E-state index is -0.208. The standard InChI is InChI=1S/C22H24N2O2/c1-2-21(25)23-15-16-11-13-18(14-12-16)22(26)24-20-10-6-9-19(20)17-7-4-3-5-8-17/h2-5,7-8,11-14,19-20H,1,6,9-10,15H2,(H,23,25)(H,24,26)/t19-,20-/m1/s1. The lowest BCUT2D eigenvalue weighted by Gasteiger charge is -2.21. The van der Waals surface area contributed by atoms with Gasteiger partial charge in [0.05, 0.1) is 0 Å². The van der Waals surface area contributed by atoms with E-state index in [1.54, 1.807) is 12.1 Å². The summed E-state index contributed by atoms with van der Waals surface area (Å²) in [5.41, 5.74) is 2.88. The molecular weight excluding hydrogens is 324 g/mol. The molecule has 0 aromatic heterocycles. The first-order valence-electron chi connectivity index (χ1n) is 9.02. The molecule has 0 unspecified atom stereocenters. The highest BCUT2D eigenvalue weighted by atomic mass is 16.2. The molecule has 2 aromatic rings. The molecule has 2 amide bonds. The first kappa shape index (κ1) is 17.9. The molecule has 4 heteroatoms. The Balaban J connectivity index is 1.60. The molecule has 1 aliphatic carbocycles. The molecule has 1 aliphatic rings. The number of hydrogen-bond donors (Lipinski definition) is 2. The number of rotatable bonds is 6. The lowest BCUT2D eigenvalue weighted by Crippen LogP contribution is -2.36. The minimum Gasteiger partial charge on any atom is -0.349 e. The molecule has 134 valence electrons. The summed E-state index contributed by atoms with van der Waals surface area (Å²) in [4.78, 5) is 23.8. The van der Waals surface area contributed by atoms with Crippen molar-refractivity contribution >= 4 is 11.8 Å². The molecule has 0 bridgehead atoms. The third-order valence-electron chi connectivity index (χ3n) is 4.93. The Labute approximate surface area is 154 Å². The molecule has 0 aliphatic heterocycles. The van der Waals surface area contributed by atoms with E-state index >= 15 is 0 Å². The van der Waals surface area contributed by atoms with Gasteiger partial charge in [0.2, 0.25) is 5.91 Å². The molecular formula is C22H24N2O2. The summed E-state index contributed by atoms with van der Waals surface area (Å²) >= 11 is 0. The van der Waals surface area contributed by atoms with Crippen LogP contribution in [0.5, 0.6) is 0 Å². The molecule has 1 saturated carbocycles. The van der Waals surface area contributed by atoms with Crippen molar-refractivity contribution in [2.24, 2.45) is 0 Å². The zero-order valence-electron chi connectivity index (χ0n) is 14.8. The summed E-state index contributed by atoms with van der Waals surface area (Å²) in [6, 6.07) is 17.9. The molecule has 2 atom stereocenters.